The second kappa shape index (κ2) is 4.28. The maximum absolute atomic E-state index is 10.7. The minimum Gasteiger partial charge on any atom is -0.397 e. The van der Waals surface area contributed by atoms with Gasteiger partial charge in [-0.05, 0) is 6.07 Å². The van der Waals surface area contributed by atoms with Gasteiger partial charge in [0.2, 0.25) is 5.91 Å². The topological polar surface area (TPSA) is 109 Å². The highest BCUT2D eigenvalue weighted by molar-refractivity contribution is 5.79. The van der Waals surface area contributed by atoms with Gasteiger partial charge in [-0.25, -0.2) is 4.98 Å². The molecular weight excluding hydrogens is 194 g/mol. The summed E-state index contributed by atoms with van der Waals surface area (Å²) in [7, 11) is 1.63. The molecule has 0 saturated heterocycles. The third-order valence-corrected chi connectivity index (χ3v) is 1.76. The average molecular weight is 205 g/mol. The van der Waals surface area contributed by atoms with E-state index in [1.807, 2.05) is 6.07 Å². The number of carbonyl (C=O) groups is 1. The van der Waals surface area contributed by atoms with Crippen LogP contribution < -0.4 is 16.4 Å². The van der Waals surface area contributed by atoms with Crippen molar-refractivity contribution in [1.29, 1.82) is 5.26 Å². The number of anilines is 2. The zero-order valence-corrected chi connectivity index (χ0v) is 8.27. The van der Waals surface area contributed by atoms with Gasteiger partial charge in [-0.2, -0.15) is 5.26 Å². The van der Waals surface area contributed by atoms with Crippen molar-refractivity contribution in [2.75, 3.05) is 24.2 Å². The smallest absolute Gasteiger partial charge is 0.236 e. The summed E-state index contributed by atoms with van der Waals surface area (Å²) in [5.41, 5.74) is 11.2. The van der Waals surface area contributed by atoms with Gasteiger partial charge in [0, 0.05) is 7.05 Å². The van der Waals surface area contributed by atoms with Crippen LogP contribution in [0.5, 0.6) is 0 Å². The first kappa shape index (κ1) is 10.8. The van der Waals surface area contributed by atoms with Crippen LogP contribution in [0.3, 0.4) is 0 Å². The minimum atomic E-state index is -0.486. The standard InChI is InChI=1S/C9H11N5O/c1-14(5-8(12)15)9-6(3-10)2-7(11)4-13-9/h2,4H,5,11H2,1H3,(H2,12,15). The molecule has 0 atom stereocenters. The monoisotopic (exact) mass is 205 g/mol. The van der Waals surface area contributed by atoms with Crippen molar-refractivity contribution >= 4 is 17.4 Å². The predicted octanol–water partition coefficient (Wildman–Crippen LogP) is -0.543. The summed E-state index contributed by atoms with van der Waals surface area (Å²) in [6.45, 7) is 0.00555. The van der Waals surface area contributed by atoms with E-state index in [4.69, 9.17) is 16.7 Å². The molecular formula is C9H11N5O. The molecule has 0 aliphatic heterocycles. The number of primary amides is 1. The van der Waals surface area contributed by atoms with Gasteiger partial charge < -0.3 is 16.4 Å². The van der Waals surface area contributed by atoms with Gasteiger partial charge in [0.25, 0.3) is 0 Å². The SMILES string of the molecule is CN(CC(N)=O)c1ncc(N)cc1C#N. The van der Waals surface area contributed by atoms with Crippen molar-refractivity contribution in [3.8, 4) is 6.07 Å². The van der Waals surface area contributed by atoms with Gasteiger partial charge in [0.05, 0.1) is 24.0 Å². The van der Waals surface area contributed by atoms with E-state index in [9.17, 15) is 4.79 Å². The van der Waals surface area contributed by atoms with E-state index in [2.05, 4.69) is 4.98 Å². The average Bonchev–Trinajstić information content (AvgIpc) is 2.16. The quantitative estimate of drug-likeness (QED) is 0.688. The second-order valence-corrected chi connectivity index (χ2v) is 3.07. The van der Waals surface area contributed by atoms with Crippen LogP contribution in [-0.4, -0.2) is 24.5 Å². The molecule has 1 aromatic rings. The molecule has 1 aromatic heterocycles. The third kappa shape index (κ3) is 2.57. The fourth-order valence-electron chi connectivity index (χ4n) is 1.17. The Bertz CT molecular complexity index is 423. The highest BCUT2D eigenvalue weighted by Crippen LogP contribution is 2.17. The van der Waals surface area contributed by atoms with Crippen molar-refractivity contribution in [2.45, 2.75) is 0 Å². The van der Waals surface area contributed by atoms with E-state index in [-0.39, 0.29) is 6.54 Å². The zero-order valence-electron chi connectivity index (χ0n) is 8.27. The lowest BCUT2D eigenvalue weighted by atomic mass is 10.2. The van der Waals surface area contributed by atoms with Gasteiger partial charge in [0.1, 0.15) is 11.9 Å². The number of nitrogens with two attached hydrogens (primary N) is 2. The summed E-state index contributed by atoms with van der Waals surface area (Å²) in [6.07, 6.45) is 1.42. The highest BCUT2D eigenvalue weighted by Gasteiger charge is 2.10. The Kier molecular flexibility index (Phi) is 3.08. The first-order chi connectivity index (χ1) is 7.04. The molecule has 0 fully saturated rings. The Hall–Kier alpha value is -2.29. The van der Waals surface area contributed by atoms with Crippen LogP contribution in [0.4, 0.5) is 11.5 Å². The Morgan fingerprint density at radius 3 is 2.93 bits per heavy atom. The Morgan fingerprint density at radius 2 is 2.40 bits per heavy atom. The minimum absolute atomic E-state index is 0.00555. The van der Waals surface area contributed by atoms with Gasteiger partial charge in [0.15, 0.2) is 0 Å². The van der Waals surface area contributed by atoms with E-state index in [1.54, 1.807) is 7.05 Å². The summed E-state index contributed by atoms with van der Waals surface area (Å²) in [6, 6.07) is 3.45. The van der Waals surface area contributed by atoms with Gasteiger partial charge in [-0.3, -0.25) is 4.79 Å². The number of rotatable bonds is 3. The lowest BCUT2D eigenvalue weighted by Crippen LogP contribution is -2.31. The molecule has 0 aliphatic rings. The molecule has 0 bridgehead atoms. The molecule has 1 amide bonds. The van der Waals surface area contributed by atoms with Crippen LogP contribution in [-0.2, 0) is 4.79 Å². The Balaban J connectivity index is 3.04. The molecule has 6 nitrogen and oxygen atoms in total. The van der Waals surface area contributed by atoms with Crippen molar-refractivity contribution in [1.82, 2.24) is 4.98 Å². The summed E-state index contributed by atoms with van der Waals surface area (Å²) in [5.74, 6) is -0.0921. The number of hydrogen-bond donors (Lipinski definition) is 2. The van der Waals surface area contributed by atoms with Crippen molar-refractivity contribution in [2.24, 2.45) is 5.73 Å². The van der Waals surface area contributed by atoms with Crippen LogP contribution in [0.2, 0.25) is 0 Å². The van der Waals surface area contributed by atoms with Crippen LogP contribution in [0.1, 0.15) is 5.56 Å². The molecule has 0 aromatic carbocycles. The second-order valence-electron chi connectivity index (χ2n) is 3.07. The number of carbonyl (C=O) groups excluding carboxylic acids is 1. The van der Waals surface area contributed by atoms with Gasteiger partial charge in [-0.15, -0.1) is 0 Å². The van der Waals surface area contributed by atoms with Gasteiger partial charge >= 0.3 is 0 Å². The lowest BCUT2D eigenvalue weighted by molar-refractivity contribution is -0.116. The number of pyridine rings is 1. The van der Waals surface area contributed by atoms with Crippen molar-refractivity contribution in [3.63, 3.8) is 0 Å². The van der Waals surface area contributed by atoms with E-state index < -0.39 is 5.91 Å². The summed E-state index contributed by atoms with van der Waals surface area (Å²) in [5, 5.41) is 8.84. The number of hydrogen-bond acceptors (Lipinski definition) is 5. The third-order valence-electron chi connectivity index (χ3n) is 1.76. The summed E-state index contributed by atoms with van der Waals surface area (Å²) in [4.78, 5) is 16.2. The zero-order chi connectivity index (χ0) is 11.4. The van der Waals surface area contributed by atoms with E-state index in [0.29, 0.717) is 17.1 Å². The predicted molar refractivity (Wildman–Crippen MR) is 55.8 cm³/mol. The maximum atomic E-state index is 10.7. The van der Waals surface area contributed by atoms with E-state index in [0.717, 1.165) is 0 Å². The number of likely N-dealkylation sites (N-methyl/N-ethyl adjacent to an activating group) is 1. The lowest BCUT2D eigenvalue weighted by Gasteiger charge is -2.17. The number of aromatic nitrogens is 1. The molecule has 4 N–H and O–H groups in total. The molecule has 0 spiro atoms. The molecule has 0 aliphatic carbocycles. The molecule has 1 rings (SSSR count). The molecule has 0 radical (unpaired) electrons. The van der Waals surface area contributed by atoms with E-state index in [1.165, 1.54) is 17.2 Å². The summed E-state index contributed by atoms with van der Waals surface area (Å²) >= 11 is 0. The summed E-state index contributed by atoms with van der Waals surface area (Å²) < 4.78 is 0. The van der Waals surface area contributed by atoms with Crippen molar-refractivity contribution in [3.05, 3.63) is 17.8 Å². The van der Waals surface area contributed by atoms with Crippen LogP contribution in [0.15, 0.2) is 12.3 Å². The van der Waals surface area contributed by atoms with Gasteiger partial charge in [-0.1, -0.05) is 0 Å². The number of nitrogens with zero attached hydrogens (tertiary/aromatic N) is 3. The number of amides is 1. The fourth-order valence-corrected chi connectivity index (χ4v) is 1.17. The highest BCUT2D eigenvalue weighted by atomic mass is 16.1. The van der Waals surface area contributed by atoms with Crippen molar-refractivity contribution < 1.29 is 4.79 Å². The fraction of sp³-hybridized carbons (Fsp3) is 0.222. The molecule has 1 heterocycles. The van der Waals surface area contributed by atoms with Crippen LogP contribution >= 0.6 is 0 Å². The molecule has 6 heteroatoms. The first-order valence-corrected chi connectivity index (χ1v) is 4.19. The normalized spacial score (nSPS) is 9.33. The Morgan fingerprint density at radius 1 is 1.73 bits per heavy atom. The number of nitrogen functional groups attached to an aromatic ring is 1. The maximum Gasteiger partial charge on any atom is 0.236 e. The van der Waals surface area contributed by atoms with Crippen LogP contribution in [0, 0.1) is 11.3 Å². The molecule has 0 unspecified atom stereocenters. The number of nitriles is 1. The van der Waals surface area contributed by atoms with Crippen LogP contribution in [0.25, 0.3) is 0 Å². The molecule has 15 heavy (non-hydrogen) atoms. The van der Waals surface area contributed by atoms with E-state index >= 15 is 0 Å². The molecule has 0 saturated carbocycles. The molecule has 78 valence electrons. The largest absolute Gasteiger partial charge is 0.397 e. The first-order valence-electron chi connectivity index (χ1n) is 4.19. The Labute approximate surface area is 87.1 Å².